The van der Waals surface area contributed by atoms with E-state index < -0.39 is 5.97 Å². The van der Waals surface area contributed by atoms with Crippen LogP contribution in [0, 0.1) is 0 Å². The Kier molecular flexibility index (Phi) is 8.31. The zero-order chi connectivity index (χ0) is 26.9. The van der Waals surface area contributed by atoms with Crippen molar-refractivity contribution < 1.29 is 19.1 Å². The number of carbonyl (C=O) groups is 3. The zero-order valence-electron chi connectivity index (χ0n) is 20.8. The molecule has 4 aromatic carbocycles. The molecule has 4 aromatic rings. The van der Waals surface area contributed by atoms with Crippen LogP contribution in [0.2, 0.25) is 0 Å². The molecule has 0 bridgehead atoms. The predicted octanol–water partition coefficient (Wildman–Crippen LogP) is 5.16. The number of nitrogen functional groups attached to an aromatic ring is 1. The minimum absolute atomic E-state index is 0.255. The van der Waals surface area contributed by atoms with Gasteiger partial charge in [-0.05, 0) is 59.2 Å². The van der Waals surface area contributed by atoms with Gasteiger partial charge in [0, 0.05) is 17.7 Å². The molecule has 2 amide bonds. The highest BCUT2D eigenvalue weighted by molar-refractivity contribution is 6.24. The Morgan fingerprint density at radius 3 is 2.05 bits per heavy atom. The lowest BCUT2D eigenvalue weighted by molar-refractivity contribution is -0.115. The zero-order valence-corrected chi connectivity index (χ0v) is 20.8. The molecule has 0 aromatic heterocycles. The van der Waals surface area contributed by atoms with Crippen LogP contribution in [0.3, 0.4) is 0 Å². The number of methoxy groups -OCH3 is 1. The fraction of sp³-hybridized carbons (Fsp3) is 0.0645. The normalized spacial score (nSPS) is 10.9. The first-order valence-corrected chi connectivity index (χ1v) is 11.9. The van der Waals surface area contributed by atoms with E-state index in [4.69, 9.17) is 10.5 Å². The molecule has 0 fully saturated rings. The number of para-hydroxylation sites is 2. The van der Waals surface area contributed by atoms with Gasteiger partial charge in [-0.3, -0.25) is 9.59 Å². The monoisotopic (exact) mass is 505 g/mol. The number of nitrogens with one attached hydrogen (secondary N) is 2. The number of hydrogen-bond donors (Lipinski definition) is 3. The summed E-state index contributed by atoms with van der Waals surface area (Å²) in [6, 6.07) is 30.2. The Balaban J connectivity index is 1.45. The molecule has 0 radical (unpaired) electrons. The molecule has 0 aliphatic rings. The van der Waals surface area contributed by atoms with Crippen LogP contribution < -0.4 is 16.4 Å². The maximum Gasteiger partial charge on any atom is 0.337 e. The molecule has 0 unspecified atom stereocenters. The lowest BCUT2D eigenvalue weighted by Gasteiger charge is -2.11. The summed E-state index contributed by atoms with van der Waals surface area (Å²) in [4.78, 5) is 37.5. The second-order valence-corrected chi connectivity index (χ2v) is 8.46. The van der Waals surface area contributed by atoms with Gasteiger partial charge in [0.15, 0.2) is 0 Å². The highest BCUT2D eigenvalue weighted by Gasteiger charge is 2.13. The van der Waals surface area contributed by atoms with Crippen LogP contribution in [0.5, 0.6) is 0 Å². The lowest BCUT2D eigenvalue weighted by atomic mass is 10.0. The fourth-order valence-electron chi connectivity index (χ4n) is 3.75. The number of carbonyl (C=O) groups excluding carboxylic acids is 3. The molecular formula is C31H27N3O4. The van der Waals surface area contributed by atoms with Crippen molar-refractivity contribution in [2.75, 3.05) is 18.2 Å². The van der Waals surface area contributed by atoms with Crippen LogP contribution in [-0.2, 0) is 16.1 Å². The minimum atomic E-state index is -0.422. The summed E-state index contributed by atoms with van der Waals surface area (Å²) in [6.45, 7) is 0.276. The van der Waals surface area contributed by atoms with E-state index in [0.29, 0.717) is 28.1 Å². The van der Waals surface area contributed by atoms with Gasteiger partial charge >= 0.3 is 5.97 Å². The third kappa shape index (κ3) is 6.53. The highest BCUT2D eigenvalue weighted by Crippen LogP contribution is 2.20. The first kappa shape index (κ1) is 25.9. The standard InChI is InChI=1S/C31H27N3O4/c1-38-31(37)25-17-11-21(12-18-25)19-26(23-7-3-2-4-8-23)30(36)33-20-22-13-15-24(16-14-22)29(35)34-28-10-6-5-9-27(28)32/h2-19H,20,32H2,1H3,(H,33,36)(H,34,35)/b26-19+. The molecule has 190 valence electrons. The van der Waals surface area contributed by atoms with E-state index in [-0.39, 0.29) is 18.4 Å². The average molecular weight is 506 g/mol. The summed E-state index contributed by atoms with van der Waals surface area (Å²) in [5.74, 6) is -0.949. The maximum atomic E-state index is 13.2. The number of nitrogens with two attached hydrogens (primary N) is 1. The first-order valence-electron chi connectivity index (χ1n) is 11.9. The van der Waals surface area contributed by atoms with E-state index in [1.54, 1.807) is 78.9 Å². The number of hydrogen-bond acceptors (Lipinski definition) is 5. The summed E-state index contributed by atoms with van der Waals surface area (Å²) >= 11 is 0. The third-order valence-electron chi connectivity index (χ3n) is 5.85. The molecule has 0 saturated carbocycles. The molecule has 0 atom stereocenters. The van der Waals surface area contributed by atoms with Crippen molar-refractivity contribution in [2.45, 2.75) is 6.54 Å². The van der Waals surface area contributed by atoms with Crippen molar-refractivity contribution in [1.29, 1.82) is 0 Å². The fourth-order valence-corrected chi connectivity index (χ4v) is 3.75. The number of rotatable bonds is 8. The van der Waals surface area contributed by atoms with Crippen LogP contribution >= 0.6 is 0 Å². The van der Waals surface area contributed by atoms with Crippen LogP contribution in [-0.4, -0.2) is 24.9 Å². The Morgan fingerprint density at radius 2 is 1.39 bits per heavy atom. The van der Waals surface area contributed by atoms with Crippen molar-refractivity contribution in [1.82, 2.24) is 5.32 Å². The Labute approximate surface area is 221 Å². The largest absolute Gasteiger partial charge is 0.465 e. The van der Waals surface area contributed by atoms with Gasteiger partial charge in [0.1, 0.15) is 0 Å². The molecule has 0 saturated heterocycles. The molecule has 0 aliphatic heterocycles. The van der Waals surface area contributed by atoms with Gasteiger partial charge in [0.05, 0.1) is 24.0 Å². The molecule has 4 N–H and O–H groups in total. The average Bonchev–Trinajstić information content (AvgIpc) is 2.96. The third-order valence-corrected chi connectivity index (χ3v) is 5.85. The second-order valence-electron chi connectivity index (χ2n) is 8.46. The Hall–Kier alpha value is -5.17. The lowest BCUT2D eigenvalue weighted by Crippen LogP contribution is -2.24. The van der Waals surface area contributed by atoms with Crippen molar-refractivity contribution >= 4 is 40.8 Å². The van der Waals surface area contributed by atoms with Crippen LogP contribution in [0.15, 0.2) is 103 Å². The summed E-state index contributed by atoms with van der Waals surface area (Å²) in [7, 11) is 1.33. The summed E-state index contributed by atoms with van der Waals surface area (Å²) < 4.78 is 4.74. The molecule has 38 heavy (non-hydrogen) atoms. The smallest absolute Gasteiger partial charge is 0.337 e. The van der Waals surface area contributed by atoms with E-state index in [1.807, 2.05) is 30.3 Å². The summed E-state index contributed by atoms with van der Waals surface area (Å²) in [6.07, 6.45) is 1.77. The first-order chi connectivity index (χ1) is 18.4. The highest BCUT2D eigenvalue weighted by atomic mass is 16.5. The van der Waals surface area contributed by atoms with E-state index in [0.717, 1.165) is 16.7 Å². The number of ether oxygens (including phenoxy) is 1. The van der Waals surface area contributed by atoms with Crippen molar-refractivity contribution in [3.8, 4) is 0 Å². The Morgan fingerprint density at radius 1 is 0.763 bits per heavy atom. The van der Waals surface area contributed by atoms with Gasteiger partial charge in [-0.1, -0.05) is 66.7 Å². The van der Waals surface area contributed by atoms with E-state index in [2.05, 4.69) is 10.6 Å². The van der Waals surface area contributed by atoms with Gasteiger partial charge < -0.3 is 21.1 Å². The minimum Gasteiger partial charge on any atom is -0.465 e. The van der Waals surface area contributed by atoms with Gasteiger partial charge in [-0.15, -0.1) is 0 Å². The van der Waals surface area contributed by atoms with Gasteiger partial charge in [0.2, 0.25) is 0 Å². The van der Waals surface area contributed by atoms with Crippen LogP contribution in [0.1, 0.15) is 37.4 Å². The number of amides is 2. The summed E-state index contributed by atoms with van der Waals surface area (Å²) in [5, 5.41) is 5.75. The molecule has 7 heteroatoms. The molecule has 4 rings (SSSR count). The number of esters is 1. The molecule has 7 nitrogen and oxygen atoms in total. The predicted molar refractivity (Wildman–Crippen MR) is 149 cm³/mol. The topological polar surface area (TPSA) is 111 Å². The van der Waals surface area contributed by atoms with E-state index in [1.165, 1.54) is 7.11 Å². The van der Waals surface area contributed by atoms with E-state index in [9.17, 15) is 14.4 Å². The van der Waals surface area contributed by atoms with Crippen LogP contribution in [0.4, 0.5) is 11.4 Å². The van der Waals surface area contributed by atoms with Gasteiger partial charge in [0.25, 0.3) is 11.8 Å². The second kappa shape index (κ2) is 12.2. The quantitative estimate of drug-likeness (QED) is 0.133. The number of anilines is 2. The van der Waals surface area contributed by atoms with Crippen molar-refractivity contribution in [3.05, 3.63) is 131 Å². The van der Waals surface area contributed by atoms with Gasteiger partial charge in [-0.2, -0.15) is 0 Å². The maximum absolute atomic E-state index is 13.2. The van der Waals surface area contributed by atoms with Gasteiger partial charge in [-0.25, -0.2) is 4.79 Å². The number of benzene rings is 4. The Bertz CT molecular complexity index is 1460. The molecule has 0 aliphatic carbocycles. The van der Waals surface area contributed by atoms with Crippen LogP contribution in [0.25, 0.3) is 11.6 Å². The SMILES string of the molecule is COC(=O)c1ccc(/C=C(/C(=O)NCc2ccc(C(=O)Nc3ccccc3N)cc2)c2ccccc2)cc1. The molecule has 0 heterocycles. The van der Waals surface area contributed by atoms with E-state index >= 15 is 0 Å². The van der Waals surface area contributed by atoms with Crippen molar-refractivity contribution in [2.24, 2.45) is 0 Å². The van der Waals surface area contributed by atoms with Crippen molar-refractivity contribution in [3.63, 3.8) is 0 Å². The molecule has 0 spiro atoms. The summed E-state index contributed by atoms with van der Waals surface area (Å²) in [5.41, 5.74) is 10.7. The molecular weight excluding hydrogens is 478 g/mol.